The summed E-state index contributed by atoms with van der Waals surface area (Å²) < 4.78 is 0. The van der Waals surface area contributed by atoms with Crippen LogP contribution in [0.2, 0.25) is 0 Å². The monoisotopic (exact) mass is 202 g/mol. The van der Waals surface area contributed by atoms with E-state index in [1.807, 2.05) is 0 Å². The van der Waals surface area contributed by atoms with Crippen molar-refractivity contribution in [1.82, 2.24) is 0 Å². The highest BCUT2D eigenvalue weighted by Crippen LogP contribution is 2.34. The third-order valence-corrected chi connectivity index (χ3v) is 4.18. The van der Waals surface area contributed by atoms with E-state index in [-0.39, 0.29) is 0 Å². The molecule has 0 aliphatic heterocycles. The lowest BCUT2D eigenvalue weighted by Crippen LogP contribution is -2.22. The van der Waals surface area contributed by atoms with E-state index in [1.54, 1.807) is 0 Å². The minimum absolute atomic E-state index is 0.481. The zero-order chi connectivity index (χ0) is 9.68. The van der Waals surface area contributed by atoms with E-state index in [2.05, 4.69) is 13.8 Å². The minimum atomic E-state index is 0.481. The van der Waals surface area contributed by atoms with Crippen molar-refractivity contribution in [1.29, 1.82) is 0 Å². The van der Waals surface area contributed by atoms with Gasteiger partial charge in [-0.3, -0.25) is 0 Å². The van der Waals surface area contributed by atoms with Crippen molar-refractivity contribution in [2.75, 3.05) is 0 Å². The van der Waals surface area contributed by atoms with Gasteiger partial charge in [0.05, 0.1) is 0 Å². The van der Waals surface area contributed by atoms with Gasteiger partial charge in [0.2, 0.25) is 0 Å². The minimum Gasteiger partial charge on any atom is -0.123 e. The second kappa shape index (κ2) is 5.90. The molecular formula is C12H23Cl. The van der Waals surface area contributed by atoms with Crippen LogP contribution in [0.4, 0.5) is 0 Å². The first-order valence-electron chi connectivity index (χ1n) is 5.92. The molecule has 0 saturated heterocycles. The number of hydrogen-bond donors (Lipinski definition) is 0. The van der Waals surface area contributed by atoms with Crippen LogP contribution in [-0.2, 0) is 0 Å². The molecule has 2 unspecified atom stereocenters. The lowest BCUT2D eigenvalue weighted by atomic mass is 9.81. The highest BCUT2D eigenvalue weighted by molar-refractivity contribution is 6.20. The van der Waals surface area contributed by atoms with E-state index < -0.39 is 0 Å². The fourth-order valence-corrected chi connectivity index (χ4v) is 2.86. The first kappa shape index (κ1) is 11.4. The highest BCUT2D eigenvalue weighted by atomic mass is 35.5. The lowest BCUT2D eigenvalue weighted by Gasteiger charge is -2.29. The van der Waals surface area contributed by atoms with Crippen molar-refractivity contribution in [2.45, 2.75) is 64.2 Å². The normalized spacial score (nSPS) is 29.5. The van der Waals surface area contributed by atoms with Gasteiger partial charge in [0, 0.05) is 5.38 Å². The van der Waals surface area contributed by atoms with Gasteiger partial charge >= 0.3 is 0 Å². The van der Waals surface area contributed by atoms with Gasteiger partial charge in [0.1, 0.15) is 0 Å². The van der Waals surface area contributed by atoms with Crippen LogP contribution in [-0.4, -0.2) is 5.38 Å². The smallest absolute Gasteiger partial charge is 0.0364 e. The molecule has 78 valence electrons. The number of rotatable bonds is 4. The molecule has 1 rings (SSSR count). The predicted octanol–water partition coefficient (Wildman–Crippen LogP) is 4.61. The molecular weight excluding hydrogens is 180 g/mol. The summed E-state index contributed by atoms with van der Waals surface area (Å²) in [6.07, 6.45) is 9.44. The zero-order valence-corrected chi connectivity index (χ0v) is 9.82. The van der Waals surface area contributed by atoms with Gasteiger partial charge in [-0.25, -0.2) is 0 Å². The van der Waals surface area contributed by atoms with Crippen molar-refractivity contribution in [3.05, 3.63) is 0 Å². The Bertz CT molecular complexity index is 129. The summed E-state index contributed by atoms with van der Waals surface area (Å²) >= 11 is 6.34. The Morgan fingerprint density at radius 1 is 1.15 bits per heavy atom. The summed E-state index contributed by atoms with van der Waals surface area (Å²) in [5, 5.41) is 0.481. The van der Waals surface area contributed by atoms with Gasteiger partial charge in [0.15, 0.2) is 0 Å². The summed E-state index contributed by atoms with van der Waals surface area (Å²) in [7, 11) is 0. The maximum absolute atomic E-state index is 6.34. The Hall–Kier alpha value is 0.290. The Morgan fingerprint density at radius 3 is 2.31 bits per heavy atom. The van der Waals surface area contributed by atoms with Crippen LogP contribution >= 0.6 is 11.6 Å². The fraction of sp³-hybridized carbons (Fsp3) is 1.00. The van der Waals surface area contributed by atoms with E-state index in [1.165, 1.54) is 44.9 Å². The topological polar surface area (TPSA) is 0 Å². The van der Waals surface area contributed by atoms with Gasteiger partial charge in [0.25, 0.3) is 0 Å². The summed E-state index contributed by atoms with van der Waals surface area (Å²) in [4.78, 5) is 0. The highest BCUT2D eigenvalue weighted by Gasteiger charge is 2.24. The second-order valence-corrected chi connectivity index (χ2v) is 5.04. The van der Waals surface area contributed by atoms with Crippen LogP contribution in [0.1, 0.15) is 58.8 Å². The van der Waals surface area contributed by atoms with E-state index in [0.29, 0.717) is 5.38 Å². The molecule has 2 atom stereocenters. The first-order chi connectivity index (χ1) is 6.27. The second-order valence-electron chi connectivity index (χ2n) is 4.48. The van der Waals surface area contributed by atoms with Gasteiger partial charge in [-0.05, 0) is 31.1 Å². The largest absolute Gasteiger partial charge is 0.123 e. The van der Waals surface area contributed by atoms with Crippen molar-refractivity contribution in [2.24, 2.45) is 11.8 Å². The summed E-state index contributed by atoms with van der Waals surface area (Å²) in [5.41, 5.74) is 0. The summed E-state index contributed by atoms with van der Waals surface area (Å²) in [6, 6.07) is 0. The zero-order valence-electron chi connectivity index (χ0n) is 9.06. The Morgan fingerprint density at radius 2 is 1.77 bits per heavy atom. The van der Waals surface area contributed by atoms with Crippen molar-refractivity contribution >= 4 is 11.6 Å². The molecule has 0 aromatic carbocycles. The lowest BCUT2D eigenvalue weighted by molar-refractivity contribution is 0.284. The molecule has 0 heterocycles. The van der Waals surface area contributed by atoms with Crippen molar-refractivity contribution in [3.8, 4) is 0 Å². The molecule has 0 radical (unpaired) electrons. The summed E-state index contributed by atoms with van der Waals surface area (Å²) in [5.74, 6) is 1.74. The molecule has 13 heavy (non-hydrogen) atoms. The van der Waals surface area contributed by atoms with Gasteiger partial charge in [-0.2, -0.15) is 0 Å². The number of halogens is 1. The Labute approximate surface area is 88.1 Å². The molecule has 1 aliphatic carbocycles. The molecule has 0 nitrogen and oxygen atoms in total. The van der Waals surface area contributed by atoms with Crippen molar-refractivity contribution < 1.29 is 0 Å². The number of alkyl halides is 1. The van der Waals surface area contributed by atoms with Crippen LogP contribution in [0.15, 0.2) is 0 Å². The predicted molar refractivity (Wildman–Crippen MR) is 60.3 cm³/mol. The third kappa shape index (κ3) is 3.50. The van der Waals surface area contributed by atoms with Gasteiger partial charge in [-0.15, -0.1) is 11.6 Å². The first-order valence-corrected chi connectivity index (χ1v) is 6.35. The van der Waals surface area contributed by atoms with E-state index in [9.17, 15) is 0 Å². The number of hydrogen-bond acceptors (Lipinski definition) is 0. The molecule has 1 fully saturated rings. The van der Waals surface area contributed by atoms with Crippen molar-refractivity contribution in [3.63, 3.8) is 0 Å². The maximum atomic E-state index is 6.34. The van der Waals surface area contributed by atoms with Crippen LogP contribution in [0.3, 0.4) is 0 Å². The molecule has 0 N–H and O–H groups in total. The molecule has 0 spiro atoms. The van der Waals surface area contributed by atoms with Gasteiger partial charge in [-0.1, -0.05) is 39.5 Å². The van der Waals surface area contributed by atoms with E-state index >= 15 is 0 Å². The van der Waals surface area contributed by atoms with Crippen LogP contribution in [0.5, 0.6) is 0 Å². The van der Waals surface area contributed by atoms with Crippen LogP contribution in [0, 0.1) is 11.8 Å². The maximum Gasteiger partial charge on any atom is 0.0364 e. The standard InChI is InChI=1S/C12H23Cl/c1-3-10(4-2)9-11-7-5-6-8-12(11)13/h10-12H,3-9H2,1-2H3. The van der Waals surface area contributed by atoms with Crippen LogP contribution in [0.25, 0.3) is 0 Å². The third-order valence-electron chi connectivity index (χ3n) is 3.61. The molecule has 1 saturated carbocycles. The molecule has 0 amide bonds. The van der Waals surface area contributed by atoms with E-state index in [0.717, 1.165) is 11.8 Å². The molecule has 1 heteroatoms. The SMILES string of the molecule is CCC(CC)CC1CCCCC1Cl. The summed E-state index contributed by atoms with van der Waals surface area (Å²) in [6.45, 7) is 4.61. The average Bonchev–Trinajstić information content (AvgIpc) is 2.17. The molecule has 0 aromatic rings. The molecule has 0 aromatic heterocycles. The van der Waals surface area contributed by atoms with Gasteiger partial charge < -0.3 is 0 Å². The molecule has 1 aliphatic rings. The Balaban J connectivity index is 2.32. The fourth-order valence-electron chi connectivity index (χ4n) is 2.48. The average molecular weight is 203 g/mol. The Kier molecular flexibility index (Phi) is 5.16. The molecule has 0 bridgehead atoms. The van der Waals surface area contributed by atoms with Crippen LogP contribution < -0.4 is 0 Å². The van der Waals surface area contributed by atoms with E-state index in [4.69, 9.17) is 11.6 Å². The quantitative estimate of drug-likeness (QED) is 0.584.